The lowest BCUT2D eigenvalue weighted by Crippen LogP contribution is -2.21. The standard InChI is InChI=1S/C11H11F3N2/c12-11(13,14)9-3-1-2-8(16-9)10-4-7(10)5-15-6-10/h1-3,7,15H,4-6H2. The Hall–Kier alpha value is -1.10. The van der Waals surface area contributed by atoms with Crippen molar-refractivity contribution in [1.82, 2.24) is 10.3 Å². The normalized spacial score (nSPS) is 32.6. The van der Waals surface area contributed by atoms with Crippen LogP contribution in [0.5, 0.6) is 0 Å². The number of nitrogens with zero attached hydrogens (tertiary/aromatic N) is 1. The van der Waals surface area contributed by atoms with E-state index in [9.17, 15) is 13.2 Å². The van der Waals surface area contributed by atoms with Gasteiger partial charge in [-0.2, -0.15) is 13.2 Å². The fourth-order valence-corrected chi connectivity index (χ4v) is 2.61. The Morgan fingerprint density at radius 2 is 2.19 bits per heavy atom. The molecule has 1 aliphatic heterocycles. The molecule has 0 bridgehead atoms. The second-order valence-corrected chi connectivity index (χ2v) is 4.59. The summed E-state index contributed by atoms with van der Waals surface area (Å²) in [6, 6.07) is 4.19. The van der Waals surface area contributed by atoms with Gasteiger partial charge in [-0.05, 0) is 31.0 Å². The zero-order chi connectivity index (χ0) is 11.4. The molecule has 1 aliphatic carbocycles. The third kappa shape index (κ3) is 1.34. The molecule has 86 valence electrons. The van der Waals surface area contributed by atoms with Gasteiger partial charge in [-0.25, -0.2) is 4.98 Å². The molecule has 1 saturated heterocycles. The second-order valence-electron chi connectivity index (χ2n) is 4.59. The number of rotatable bonds is 1. The van der Waals surface area contributed by atoms with Crippen LogP contribution in [0.3, 0.4) is 0 Å². The topological polar surface area (TPSA) is 24.9 Å². The summed E-state index contributed by atoms with van der Waals surface area (Å²) in [6.07, 6.45) is -3.38. The highest BCUT2D eigenvalue weighted by molar-refractivity contribution is 5.33. The second kappa shape index (κ2) is 2.97. The average molecular weight is 228 g/mol. The maximum atomic E-state index is 12.5. The van der Waals surface area contributed by atoms with E-state index in [0.29, 0.717) is 11.6 Å². The first-order valence-electron chi connectivity index (χ1n) is 5.28. The monoisotopic (exact) mass is 228 g/mol. The van der Waals surface area contributed by atoms with Gasteiger partial charge in [-0.3, -0.25) is 0 Å². The van der Waals surface area contributed by atoms with Gasteiger partial charge in [0.15, 0.2) is 0 Å². The number of aromatic nitrogens is 1. The van der Waals surface area contributed by atoms with Gasteiger partial charge >= 0.3 is 6.18 Å². The van der Waals surface area contributed by atoms with E-state index in [0.717, 1.165) is 25.6 Å². The summed E-state index contributed by atoms with van der Waals surface area (Å²) >= 11 is 0. The number of fused-ring (bicyclic) bond motifs is 1. The number of piperidine rings is 1. The zero-order valence-electron chi connectivity index (χ0n) is 8.51. The first-order valence-corrected chi connectivity index (χ1v) is 5.28. The Morgan fingerprint density at radius 1 is 1.38 bits per heavy atom. The highest BCUT2D eigenvalue weighted by Crippen LogP contribution is 2.55. The van der Waals surface area contributed by atoms with Crippen molar-refractivity contribution in [2.24, 2.45) is 5.92 Å². The largest absolute Gasteiger partial charge is 0.433 e. The molecule has 3 rings (SSSR count). The van der Waals surface area contributed by atoms with Crippen LogP contribution in [0.15, 0.2) is 18.2 Å². The molecule has 0 aromatic carbocycles. The Bertz CT molecular complexity index is 429. The minimum absolute atomic E-state index is 0.110. The molecule has 2 nitrogen and oxygen atoms in total. The number of nitrogens with one attached hydrogen (secondary N) is 1. The van der Waals surface area contributed by atoms with Crippen LogP contribution in [0.1, 0.15) is 17.8 Å². The van der Waals surface area contributed by atoms with Gasteiger partial charge < -0.3 is 5.32 Å². The molecule has 0 amide bonds. The van der Waals surface area contributed by atoms with Crippen LogP contribution >= 0.6 is 0 Å². The average Bonchev–Trinajstić information content (AvgIpc) is 2.81. The van der Waals surface area contributed by atoms with E-state index in [4.69, 9.17) is 0 Å². The predicted octanol–water partition coefficient (Wildman–Crippen LogP) is 1.96. The molecule has 1 saturated carbocycles. The van der Waals surface area contributed by atoms with Crippen LogP contribution in [-0.4, -0.2) is 18.1 Å². The lowest BCUT2D eigenvalue weighted by molar-refractivity contribution is -0.141. The zero-order valence-corrected chi connectivity index (χ0v) is 8.51. The summed E-state index contributed by atoms with van der Waals surface area (Å²) in [7, 11) is 0. The Morgan fingerprint density at radius 3 is 2.75 bits per heavy atom. The van der Waals surface area contributed by atoms with Crippen molar-refractivity contribution < 1.29 is 13.2 Å². The van der Waals surface area contributed by atoms with Crippen LogP contribution in [-0.2, 0) is 11.6 Å². The van der Waals surface area contributed by atoms with Crippen LogP contribution in [0.2, 0.25) is 0 Å². The maximum Gasteiger partial charge on any atom is 0.433 e. The van der Waals surface area contributed by atoms with Crippen molar-refractivity contribution in [2.75, 3.05) is 13.1 Å². The van der Waals surface area contributed by atoms with Crippen LogP contribution in [0, 0.1) is 5.92 Å². The molecule has 2 aliphatic rings. The lowest BCUT2D eigenvalue weighted by atomic mass is 10.0. The number of halogens is 3. The maximum absolute atomic E-state index is 12.5. The van der Waals surface area contributed by atoms with Crippen molar-refractivity contribution in [2.45, 2.75) is 18.0 Å². The minimum Gasteiger partial charge on any atom is -0.315 e. The first-order chi connectivity index (χ1) is 7.52. The molecule has 0 spiro atoms. The number of hydrogen-bond acceptors (Lipinski definition) is 2. The van der Waals surface area contributed by atoms with E-state index in [1.54, 1.807) is 6.07 Å². The molecule has 1 aromatic rings. The first kappa shape index (κ1) is 10.1. The van der Waals surface area contributed by atoms with Gasteiger partial charge in [0, 0.05) is 17.7 Å². The van der Waals surface area contributed by atoms with Crippen molar-refractivity contribution in [1.29, 1.82) is 0 Å². The molecule has 1 aromatic heterocycles. The number of hydrogen-bond donors (Lipinski definition) is 1. The smallest absolute Gasteiger partial charge is 0.315 e. The van der Waals surface area contributed by atoms with E-state index in [1.807, 2.05) is 0 Å². The molecular weight excluding hydrogens is 217 g/mol. The third-order valence-electron chi connectivity index (χ3n) is 3.61. The van der Waals surface area contributed by atoms with Gasteiger partial charge in [-0.1, -0.05) is 6.07 Å². The Balaban J connectivity index is 1.98. The van der Waals surface area contributed by atoms with E-state index in [2.05, 4.69) is 10.3 Å². The molecule has 5 heteroatoms. The quantitative estimate of drug-likeness (QED) is 0.794. The summed E-state index contributed by atoms with van der Waals surface area (Å²) in [5.74, 6) is 0.475. The van der Waals surface area contributed by atoms with Gasteiger partial charge in [0.1, 0.15) is 5.69 Å². The summed E-state index contributed by atoms with van der Waals surface area (Å²) < 4.78 is 37.5. The highest BCUT2D eigenvalue weighted by atomic mass is 19.4. The van der Waals surface area contributed by atoms with E-state index in [-0.39, 0.29) is 5.41 Å². The van der Waals surface area contributed by atoms with Crippen LogP contribution in [0.4, 0.5) is 13.2 Å². The fraction of sp³-hybridized carbons (Fsp3) is 0.545. The van der Waals surface area contributed by atoms with Crippen LogP contribution in [0.25, 0.3) is 0 Å². The van der Waals surface area contributed by atoms with Gasteiger partial charge in [0.25, 0.3) is 0 Å². The van der Waals surface area contributed by atoms with Crippen molar-refractivity contribution in [3.63, 3.8) is 0 Å². The third-order valence-corrected chi connectivity index (χ3v) is 3.61. The van der Waals surface area contributed by atoms with Gasteiger partial charge in [0.05, 0.1) is 0 Å². The summed E-state index contributed by atoms with van der Waals surface area (Å²) in [5.41, 5.74) is -0.296. The Labute approximate surface area is 90.9 Å². The molecule has 0 radical (unpaired) electrons. The van der Waals surface area contributed by atoms with E-state index < -0.39 is 11.9 Å². The highest BCUT2D eigenvalue weighted by Gasteiger charge is 2.59. The fourth-order valence-electron chi connectivity index (χ4n) is 2.61. The molecule has 2 unspecified atom stereocenters. The number of pyridine rings is 1. The lowest BCUT2D eigenvalue weighted by Gasteiger charge is -2.13. The Kier molecular flexibility index (Phi) is 1.87. The molecule has 1 N–H and O–H groups in total. The summed E-state index contributed by atoms with van der Waals surface area (Å²) in [6.45, 7) is 1.66. The molecule has 16 heavy (non-hydrogen) atoms. The van der Waals surface area contributed by atoms with Gasteiger partial charge in [0.2, 0.25) is 0 Å². The molecule has 2 heterocycles. The minimum atomic E-state index is -4.34. The predicted molar refractivity (Wildman–Crippen MR) is 51.9 cm³/mol. The summed E-state index contributed by atoms with van der Waals surface area (Å²) in [4.78, 5) is 3.77. The van der Waals surface area contributed by atoms with E-state index >= 15 is 0 Å². The number of alkyl halides is 3. The molecule has 2 atom stereocenters. The van der Waals surface area contributed by atoms with Crippen molar-refractivity contribution >= 4 is 0 Å². The SMILES string of the molecule is FC(F)(F)c1cccc(C23CNCC2C3)n1. The summed E-state index contributed by atoms with van der Waals surface area (Å²) in [5, 5.41) is 3.20. The van der Waals surface area contributed by atoms with Crippen molar-refractivity contribution in [3.8, 4) is 0 Å². The molecule has 2 fully saturated rings. The van der Waals surface area contributed by atoms with Crippen LogP contribution < -0.4 is 5.32 Å². The molecular formula is C11H11F3N2. The van der Waals surface area contributed by atoms with E-state index in [1.165, 1.54) is 6.07 Å². The van der Waals surface area contributed by atoms with Crippen molar-refractivity contribution in [3.05, 3.63) is 29.6 Å². The van der Waals surface area contributed by atoms with Gasteiger partial charge in [-0.15, -0.1) is 0 Å².